The van der Waals surface area contributed by atoms with E-state index in [1.807, 2.05) is 30.3 Å². The van der Waals surface area contributed by atoms with Crippen LogP contribution in [0.2, 0.25) is 0 Å². The Morgan fingerprint density at radius 3 is 1.88 bits per heavy atom. The third kappa shape index (κ3) is 3.00. The SMILES string of the molecule is COc1ccc(-c2ccc(C(c3c[nH]c4ccccc34)c3c[nH]c4ccccc34)o2)cc1. The lowest BCUT2D eigenvalue weighted by atomic mass is 9.88. The van der Waals surface area contributed by atoms with Crippen molar-refractivity contribution in [2.75, 3.05) is 7.11 Å². The van der Waals surface area contributed by atoms with Crippen molar-refractivity contribution in [1.29, 1.82) is 0 Å². The monoisotopic (exact) mass is 418 g/mol. The second-order valence-corrected chi connectivity index (χ2v) is 7.94. The number of aromatic nitrogens is 2. The lowest BCUT2D eigenvalue weighted by Gasteiger charge is -2.14. The predicted octanol–water partition coefficient (Wildman–Crippen LogP) is 7.10. The van der Waals surface area contributed by atoms with Gasteiger partial charge in [0.25, 0.3) is 0 Å². The van der Waals surface area contributed by atoms with Gasteiger partial charge >= 0.3 is 0 Å². The largest absolute Gasteiger partial charge is 0.497 e. The van der Waals surface area contributed by atoms with E-state index in [1.54, 1.807) is 7.11 Å². The van der Waals surface area contributed by atoms with E-state index in [-0.39, 0.29) is 5.92 Å². The topological polar surface area (TPSA) is 54.0 Å². The lowest BCUT2D eigenvalue weighted by molar-refractivity contribution is 0.415. The van der Waals surface area contributed by atoms with E-state index in [0.717, 1.165) is 33.9 Å². The zero-order chi connectivity index (χ0) is 21.5. The highest BCUT2D eigenvalue weighted by Gasteiger charge is 2.26. The number of para-hydroxylation sites is 2. The maximum Gasteiger partial charge on any atom is 0.134 e. The molecule has 4 nitrogen and oxygen atoms in total. The minimum atomic E-state index is -0.0469. The van der Waals surface area contributed by atoms with Crippen molar-refractivity contribution in [1.82, 2.24) is 9.97 Å². The molecule has 6 rings (SSSR count). The summed E-state index contributed by atoms with van der Waals surface area (Å²) in [6.45, 7) is 0. The first-order valence-electron chi connectivity index (χ1n) is 10.7. The Kier molecular flexibility index (Phi) is 4.36. The standard InChI is InChI=1S/C28H22N2O2/c1-31-19-12-10-18(11-13-19)26-14-15-27(32-26)28(22-16-29-24-8-4-2-6-20(22)24)23-17-30-25-9-5-3-7-21(23)25/h2-17,28-30H,1H3. The van der Waals surface area contributed by atoms with Gasteiger partial charge in [0.15, 0.2) is 0 Å². The highest BCUT2D eigenvalue weighted by molar-refractivity contribution is 5.88. The first kappa shape index (κ1) is 18.6. The van der Waals surface area contributed by atoms with Crippen molar-refractivity contribution in [3.05, 3.63) is 114 Å². The zero-order valence-corrected chi connectivity index (χ0v) is 17.6. The van der Waals surface area contributed by atoms with Crippen LogP contribution in [-0.4, -0.2) is 17.1 Å². The molecule has 0 aliphatic heterocycles. The molecule has 0 amide bonds. The lowest BCUT2D eigenvalue weighted by Crippen LogP contribution is -2.01. The summed E-state index contributed by atoms with van der Waals surface area (Å²) in [4.78, 5) is 6.87. The smallest absolute Gasteiger partial charge is 0.134 e. The molecule has 3 aromatic carbocycles. The molecule has 4 heteroatoms. The van der Waals surface area contributed by atoms with Gasteiger partial charge in [-0.15, -0.1) is 0 Å². The number of furan rings is 1. The number of H-pyrrole nitrogens is 2. The molecule has 0 saturated heterocycles. The number of aromatic amines is 2. The number of ether oxygens (including phenoxy) is 1. The number of hydrogen-bond donors (Lipinski definition) is 2. The first-order valence-corrected chi connectivity index (χ1v) is 10.7. The van der Waals surface area contributed by atoms with Gasteiger partial charge in [0.2, 0.25) is 0 Å². The van der Waals surface area contributed by atoms with Crippen molar-refractivity contribution in [2.45, 2.75) is 5.92 Å². The van der Waals surface area contributed by atoms with Gasteiger partial charge in [0, 0.05) is 39.8 Å². The van der Waals surface area contributed by atoms with Gasteiger partial charge in [-0.25, -0.2) is 0 Å². The van der Waals surface area contributed by atoms with Crippen LogP contribution in [0.25, 0.3) is 33.1 Å². The third-order valence-electron chi connectivity index (χ3n) is 6.15. The predicted molar refractivity (Wildman–Crippen MR) is 128 cm³/mol. The van der Waals surface area contributed by atoms with Gasteiger partial charge in [-0.2, -0.15) is 0 Å². The minimum Gasteiger partial charge on any atom is -0.497 e. The Morgan fingerprint density at radius 2 is 1.28 bits per heavy atom. The summed E-state index contributed by atoms with van der Waals surface area (Å²) < 4.78 is 11.8. The molecule has 0 radical (unpaired) electrons. The van der Waals surface area contributed by atoms with E-state index >= 15 is 0 Å². The summed E-state index contributed by atoms with van der Waals surface area (Å²) in [5, 5.41) is 2.40. The number of rotatable bonds is 5. The fraction of sp³-hybridized carbons (Fsp3) is 0.0714. The summed E-state index contributed by atoms with van der Waals surface area (Å²) in [5.41, 5.74) is 5.65. The molecule has 0 unspecified atom stereocenters. The van der Waals surface area contributed by atoms with E-state index in [9.17, 15) is 0 Å². The van der Waals surface area contributed by atoms with Crippen LogP contribution >= 0.6 is 0 Å². The van der Waals surface area contributed by atoms with Crippen LogP contribution in [0.4, 0.5) is 0 Å². The Balaban J connectivity index is 1.52. The van der Waals surface area contributed by atoms with Crippen molar-refractivity contribution in [3.63, 3.8) is 0 Å². The Hall–Kier alpha value is -4.18. The van der Waals surface area contributed by atoms with Gasteiger partial charge in [0.05, 0.1) is 13.0 Å². The van der Waals surface area contributed by atoms with Crippen LogP contribution < -0.4 is 4.74 Å². The van der Waals surface area contributed by atoms with Crippen molar-refractivity contribution >= 4 is 21.8 Å². The van der Waals surface area contributed by atoms with Crippen LogP contribution in [0.5, 0.6) is 5.75 Å². The fourth-order valence-electron chi connectivity index (χ4n) is 4.56. The second-order valence-electron chi connectivity index (χ2n) is 7.94. The molecule has 3 aromatic heterocycles. The van der Waals surface area contributed by atoms with E-state index in [2.05, 4.69) is 77.0 Å². The average molecular weight is 418 g/mol. The van der Waals surface area contributed by atoms with E-state index < -0.39 is 0 Å². The summed E-state index contributed by atoms with van der Waals surface area (Å²) in [6.07, 6.45) is 4.21. The van der Waals surface area contributed by atoms with Crippen LogP contribution in [0.3, 0.4) is 0 Å². The highest BCUT2D eigenvalue weighted by atomic mass is 16.5. The quantitative estimate of drug-likeness (QED) is 0.314. The third-order valence-corrected chi connectivity index (χ3v) is 6.15. The molecule has 156 valence electrons. The zero-order valence-electron chi connectivity index (χ0n) is 17.6. The normalized spacial score (nSPS) is 11.6. The van der Waals surface area contributed by atoms with Crippen LogP contribution in [-0.2, 0) is 0 Å². The molecule has 2 N–H and O–H groups in total. The van der Waals surface area contributed by atoms with Gasteiger partial charge in [-0.05, 0) is 59.7 Å². The molecular weight excluding hydrogens is 396 g/mol. The van der Waals surface area contributed by atoms with Crippen molar-refractivity contribution < 1.29 is 9.15 Å². The number of nitrogens with one attached hydrogen (secondary N) is 2. The molecule has 0 spiro atoms. The molecule has 0 aliphatic rings. The van der Waals surface area contributed by atoms with Crippen molar-refractivity contribution in [2.24, 2.45) is 0 Å². The molecule has 0 saturated carbocycles. The summed E-state index contributed by atoms with van der Waals surface area (Å²) in [6, 6.07) is 28.9. The number of methoxy groups -OCH3 is 1. The first-order chi connectivity index (χ1) is 15.8. The van der Waals surface area contributed by atoms with E-state index in [4.69, 9.17) is 9.15 Å². The number of hydrogen-bond acceptors (Lipinski definition) is 2. The molecule has 0 fully saturated rings. The van der Waals surface area contributed by atoms with E-state index in [0.29, 0.717) is 0 Å². The molecule has 0 bridgehead atoms. The summed E-state index contributed by atoms with van der Waals surface area (Å²) >= 11 is 0. The summed E-state index contributed by atoms with van der Waals surface area (Å²) in [5.74, 6) is 2.53. The van der Waals surface area contributed by atoms with Crippen LogP contribution in [0, 0.1) is 0 Å². The number of fused-ring (bicyclic) bond motifs is 2. The Bertz CT molecular complexity index is 1440. The molecule has 6 aromatic rings. The van der Waals surface area contributed by atoms with Gasteiger partial charge in [0.1, 0.15) is 17.3 Å². The maximum atomic E-state index is 6.48. The molecular formula is C28H22N2O2. The van der Waals surface area contributed by atoms with Crippen LogP contribution in [0.1, 0.15) is 22.8 Å². The highest BCUT2D eigenvalue weighted by Crippen LogP contribution is 2.41. The average Bonchev–Trinajstić information content (AvgIpc) is 3.59. The molecule has 3 heterocycles. The van der Waals surface area contributed by atoms with Crippen LogP contribution in [0.15, 0.2) is 102 Å². The molecule has 0 atom stereocenters. The minimum absolute atomic E-state index is 0.0469. The van der Waals surface area contributed by atoms with Gasteiger partial charge in [-0.1, -0.05) is 36.4 Å². The fourth-order valence-corrected chi connectivity index (χ4v) is 4.56. The van der Waals surface area contributed by atoms with Crippen molar-refractivity contribution in [3.8, 4) is 17.1 Å². The van der Waals surface area contributed by atoms with Gasteiger partial charge in [-0.3, -0.25) is 0 Å². The van der Waals surface area contributed by atoms with E-state index in [1.165, 1.54) is 21.9 Å². The Labute approximate surface area is 185 Å². The number of benzene rings is 3. The maximum absolute atomic E-state index is 6.48. The summed E-state index contributed by atoms with van der Waals surface area (Å²) in [7, 11) is 1.67. The molecule has 0 aliphatic carbocycles. The molecule has 32 heavy (non-hydrogen) atoms. The second kappa shape index (κ2) is 7.50. The van der Waals surface area contributed by atoms with Gasteiger partial charge < -0.3 is 19.1 Å². The Morgan fingerprint density at radius 1 is 0.688 bits per heavy atom.